The second-order valence-corrected chi connectivity index (χ2v) is 5.40. The Morgan fingerprint density at radius 1 is 1.28 bits per heavy atom. The van der Waals surface area contributed by atoms with Crippen molar-refractivity contribution in [3.8, 4) is 5.75 Å². The third kappa shape index (κ3) is 4.49. The number of nitrogens with zero attached hydrogens (tertiary/aromatic N) is 1. The molecule has 0 spiro atoms. The Hall–Kier alpha value is -2.58. The van der Waals surface area contributed by atoms with Crippen molar-refractivity contribution in [2.24, 2.45) is 0 Å². The highest BCUT2D eigenvalue weighted by Gasteiger charge is 2.21. The van der Waals surface area contributed by atoms with Crippen LogP contribution in [0.3, 0.4) is 0 Å². The van der Waals surface area contributed by atoms with Gasteiger partial charge in [0.2, 0.25) is 0 Å². The van der Waals surface area contributed by atoms with E-state index in [1.807, 2.05) is 0 Å². The number of aromatic amines is 1. The third-order valence-corrected chi connectivity index (χ3v) is 3.78. The molecule has 25 heavy (non-hydrogen) atoms. The van der Waals surface area contributed by atoms with Crippen LogP contribution in [0.1, 0.15) is 21.7 Å². The van der Waals surface area contributed by atoms with Gasteiger partial charge in [-0.3, -0.25) is 14.7 Å². The zero-order chi connectivity index (χ0) is 16.9. The second kappa shape index (κ2) is 8.50. The summed E-state index contributed by atoms with van der Waals surface area (Å²) in [6.45, 7) is 1.48. The molecule has 134 valence electrons. The summed E-state index contributed by atoms with van der Waals surface area (Å²) in [7, 11) is 1.55. The van der Waals surface area contributed by atoms with Crippen molar-refractivity contribution in [1.29, 1.82) is 0 Å². The highest BCUT2D eigenvalue weighted by molar-refractivity contribution is 6.04. The summed E-state index contributed by atoms with van der Waals surface area (Å²) >= 11 is 0. The lowest BCUT2D eigenvalue weighted by atomic mass is 10.1. The van der Waals surface area contributed by atoms with Gasteiger partial charge in [-0.1, -0.05) is 0 Å². The number of carbonyl (C=O) groups is 2. The number of amides is 2. The molecule has 0 unspecified atom stereocenters. The average molecular weight is 366 g/mol. The standard InChI is InChI=1S/C16H19N5O3.ClH/c1-17-14(22)9-24-11-4-2-10(3-5-11)19-16(23)15-12-8-18-7-6-13(12)20-21-15;/h2-5,18H,6-9H2,1H3,(H,17,22)(H,19,23)(H,20,21);1H. The molecular weight excluding hydrogens is 346 g/mol. The van der Waals surface area contributed by atoms with E-state index in [-0.39, 0.29) is 30.8 Å². The maximum Gasteiger partial charge on any atom is 0.276 e. The van der Waals surface area contributed by atoms with Crippen molar-refractivity contribution < 1.29 is 14.3 Å². The molecule has 0 bridgehead atoms. The number of fused-ring (bicyclic) bond motifs is 1. The molecule has 2 heterocycles. The lowest BCUT2D eigenvalue weighted by molar-refractivity contribution is -0.122. The number of carbonyl (C=O) groups excluding carboxylic acids is 2. The van der Waals surface area contributed by atoms with Crippen LogP contribution in [0.5, 0.6) is 5.75 Å². The normalized spacial score (nSPS) is 12.5. The summed E-state index contributed by atoms with van der Waals surface area (Å²) in [6.07, 6.45) is 0.840. The lowest BCUT2D eigenvalue weighted by Crippen LogP contribution is -2.25. The molecular formula is C16H20ClN5O3. The van der Waals surface area contributed by atoms with Crippen molar-refractivity contribution in [3.05, 3.63) is 41.2 Å². The van der Waals surface area contributed by atoms with E-state index in [1.165, 1.54) is 0 Å². The highest BCUT2D eigenvalue weighted by Crippen LogP contribution is 2.19. The Kier molecular flexibility index (Phi) is 6.37. The van der Waals surface area contributed by atoms with Crippen LogP contribution in [0.2, 0.25) is 0 Å². The monoisotopic (exact) mass is 365 g/mol. The number of benzene rings is 1. The van der Waals surface area contributed by atoms with Crippen molar-refractivity contribution in [1.82, 2.24) is 20.8 Å². The number of anilines is 1. The van der Waals surface area contributed by atoms with Crippen LogP contribution >= 0.6 is 12.4 Å². The molecule has 8 nitrogen and oxygen atoms in total. The Morgan fingerprint density at radius 3 is 2.76 bits per heavy atom. The van der Waals surface area contributed by atoms with Crippen LogP contribution in [0.25, 0.3) is 0 Å². The number of H-pyrrole nitrogens is 1. The number of hydrogen-bond donors (Lipinski definition) is 4. The number of hydrogen-bond acceptors (Lipinski definition) is 5. The van der Waals surface area contributed by atoms with E-state index in [4.69, 9.17) is 4.74 Å². The van der Waals surface area contributed by atoms with Crippen molar-refractivity contribution in [3.63, 3.8) is 0 Å². The second-order valence-electron chi connectivity index (χ2n) is 5.40. The topological polar surface area (TPSA) is 108 Å². The summed E-state index contributed by atoms with van der Waals surface area (Å²) in [5.74, 6) is 0.0949. The number of ether oxygens (including phenoxy) is 1. The molecule has 2 amide bonds. The summed E-state index contributed by atoms with van der Waals surface area (Å²) < 4.78 is 5.31. The Labute approximate surface area is 151 Å². The summed E-state index contributed by atoms with van der Waals surface area (Å²) in [5.41, 5.74) is 2.98. The van der Waals surface area contributed by atoms with E-state index in [1.54, 1.807) is 31.3 Å². The Bertz CT molecular complexity index is 745. The van der Waals surface area contributed by atoms with Gasteiger partial charge in [-0.05, 0) is 24.3 Å². The molecule has 0 atom stereocenters. The van der Waals surface area contributed by atoms with E-state index < -0.39 is 0 Å². The smallest absolute Gasteiger partial charge is 0.276 e. The number of rotatable bonds is 5. The Balaban J connectivity index is 0.00000225. The maximum absolute atomic E-state index is 12.4. The van der Waals surface area contributed by atoms with Crippen molar-refractivity contribution in [2.45, 2.75) is 13.0 Å². The molecule has 1 aromatic heterocycles. The first-order chi connectivity index (χ1) is 11.7. The quantitative estimate of drug-likeness (QED) is 0.628. The van der Waals surface area contributed by atoms with E-state index in [0.717, 1.165) is 24.2 Å². The van der Waals surface area contributed by atoms with E-state index in [0.29, 0.717) is 23.7 Å². The van der Waals surface area contributed by atoms with E-state index in [2.05, 4.69) is 26.1 Å². The molecule has 4 N–H and O–H groups in total. The molecule has 0 saturated carbocycles. The number of halogens is 1. The molecule has 2 aromatic rings. The third-order valence-electron chi connectivity index (χ3n) is 3.78. The fourth-order valence-electron chi connectivity index (χ4n) is 2.46. The van der Waals surface area contributed by atoms with Crippen molar-refractivity contribution >= 4 is 29.9 Å². The average Bonchev–Trinajstić information content (AvgIpc) is 3.05. The van der Waals surface area contributed by atoms with Gasteiger partial charge in [-0.15, -0.1) is 12.4 Å². The van der Waals surface area contributed by atoms with Crippen LogP contribution < -0.4 is 20.7 Å². The predicted octanol–water partition coefficient (Wildman–Crippen LogP) is 0.854. The van der Waals surface area contributed by atoms with Crippen LogP contribution in [0.4, 0.5) is 5.69 Å². The predicted molar refractivity (Wildman–Crippen MR) is 95.2 cm³/mol. The number of likely N-dealkylation sites (N-methyl/N-ethyl adjacent to an activating group) is 1. The van der Waals surface area contributed by atoms with Crippen molar-refractivity contribution in [2.75, 3.05) is 25.5 Å². The molecule has 1 aliphatic heterocycles. The SMILES string of the molecule is CNC(=O)COc1ccc(NC(=O)c2n[nH]c3c2CNCC3)cc1.Cl. The van der Waals surface area contributed by atoms with Gasteiger partial charge >= 0.3 is 0 Å². The fraction of sp³-hybridized carbons (Fsp3) is 0.312. The van der Waals surface area contributed by atoms with Gasteiger partial charge in [0.25, 0.3) is 11.8 Å². The molecule has 0 fully saturated rings. The van der Waals surface area contributed by atoms with Crippen LogP contribution in [-0.4, -0.2) is 42.2 Å². The van der Waals surface area contributed by atoms with Gasteiger partial charge in [0.1, 0.15) is 5.75 Å². The van der Waals surface area contributed by atoms with Crippen LogP contribution in [0.15, 0.2) is 24.3 Å². The fourth-order valence-corrected chi connectivity index (χ4v) is 2.46. The highest BCUT2D eigenvalue weighted by atomic mass is 35.5. The molecule has 1 aliphatic rings. The number of aromatic nitrogens is 2. The van der Waals surface area contributed by atoms with Gasteiger partial charge in [0.15, 0.2) is 12.3 Å². The maximum atomic E-state index is 12.4. The summed E-state index contributed by atoms with van der Waals surface area (Å²) in [4.78, 5) is 23.5. The zero-order valence-electron chi connectivity index (χ0n) is 13.7. The minimum atomic E-state index is -0.254. The van der Waals surface area contributed by atoms with Crippen LogP contribution in [0, 0.1) is 0 Å². The molecule has 0 saturated heterocycles. The minimum Gasteiger partial charge on any atom is -0.484 e. The Morgan fingerprint density at radius 2 is 2.04 bits per heavy atom. The number of nitrogens with one attached hydrogen (secondary N) is 4. The van der Waals surface area contributed by atoms with Crippen LogP contribution in [-0.2, 0) is 17.8 Å². The van der Waals surface area contributed by atoms with Gasteiger partial charge < -0.3 is 20.7 Å². The lowest BCUT2D eigenvalue weighted by Gasteiger charge is -2.13. The first-order valence-corrected chi connectivity index (χ1v) is 7.69. The molecule has 0 radical (unpaired) electrons. The van der Waals surface area contributed by atoms with E-state index >= 15 is 0 Å². The zero-order valence-corrected chi connectivity index (χ0v) is 14.5. The first-order valence-electron chi connectivity index (χ1n) is 7.69. The minimum absolute atomic E-state index is 0. The van der Waals surface area contributed by atoms with Gasteiger partial charge in [0, 0.05) is 43.5 Å². The molecule has 3 rings (SSSR count). The molecule has 0 aliphatic carbocycles. The first kappa shape index (κ1) is 18.8. The van der Waals surface area contributed by atoms with E-state index in [9.17, 15) is 9.59 Å². The largest absolute Gasteiger partial charge is 0.484 e. The van der Waals surface area contributed by atoms with Gasteiger partial charge in [-0.2, -0.15) is 5.10 Å². The van der Waals surface area contributed by atoms with Gasteiger partial charge in [0.05, 0.1) is 0 Å². The molecule has 1 aromatic carbocycles. The summed E-state index contributed by atoms with van der Waals surface area (Å²) in [5, 5.41) is 15.6. The summed E-state index contributed by atoms with van der Waals surface area (Å²) in [6, 6.07) is 6.82. The molecule has 9 heteroatoms. The van der Waals surface area contributed by atoms with Gasteiger partial charge in [-0.25, -0.2) is 0 Å².